The highest BCUT2D eigenvalue weighted by Crippen LogP contribution is 2.49. The van der Waals surface area contributed by atoms with Crippen molar-refractivity contribution in [1.82, 2.24) is 5.32 Å². The lowest BCUT2D eigenvalue weighted by Gasteiger charge is -2.46. The molecule has 1 amide bonds. The Labute approximate surface area is 157 Å². The quantitative estimate of drug-likeness (QED) is 0.777. The molecule has 3 atom stereocenters. The van der Waals surface area contributed by atoms with Crippen LogP contribution in [0, 0.1) is 11.7 Å². The number of aliphatic imine (C=N–C) groups is 1. The molecule has 26 heavy (non-hydrogen) atoms. The summed E-state index contributed by atoms with van der Waals surface area (Å²) in [5, 5.41) is 13.2. The largest absolute Gasteiger partial charge is 0.444 e. The molecule has 0 saturated heterocycles. The van der Waals surface area contributed by atoms with Crippen LogP contribution in [0.5, 0.6) is 0 Å². The average Bonchev–Trinajstić information content (AvgIpc) is 2.53. The van der Waals surface area contributed by atoms with Crippen molar-refractivity contribution in [2.24, 2.45) is 10.9 Å². The number of amides is 1. The van der Waals surface area contributed by atoms with Crippen LogP contribution in [0.25, 0.3) is 0 Å². The van der Waals surface area contributed by atoms with Crippen molar-refractivity contribution >= 4 is 23.0 Å². The van der Waals surface area contributed by atoms with E-state index < -0.39 is 23.3 Å². The van der Waals surface area contributed by atoms with Gasteiger partial charge in [0, 0.05) is 17.2 Å². The fourth-order valence-corrected chi connectivity index (χ4v) is 4.81. The summed E-state index contributed by atoms with van der Waals surface area (Å²) in [6.07, 6.45) is 0.709. The number of aliphatic hydroxyl groups excluding tert-OH is 1. The van der Waals surface area contributed by atoms with Crippen LogP contribution in [-0.4, -0.2) is 33.8 Å². The lowest BCUT2D eigenvalue weighted by atomic mass is 9.69. The number of fused-ring (bicyclic) bond motifs is 1. The minimum atomic E-state index is -0.764. The van der Waals surface area contributed by atoms with Gasteiger partial charge in [-0.1, -0.05) is 30.0 Å². The van der Waals surface area contributed by atoms with Crippen LogP contribution in [-0.2, 0) is 10.3 Å². The molecule has 1 heterocycles. The van der Waals surface area contributed by atoms with E-state index in [1.54, 1.807) is 39.0 Å². The topological polar surface area (TPSA) is 70.9 Å². The first-order valence-corrected chi connectivity index (χ1v) is 9.84. The molecule has 3 rings (SSSR count). The number of amidine groups is 1. The third kappa shape index (κ3) is 4.04. The fourth-order valence-electron chi connectivity index (χ4n) is 3.66. The number of rotatable bonds is 1. The maximum atomic E-state index is 14.6. The number of ether oxygens (including phenoxy) is 1. The minimum Gasteiger partial charge on any atom is -0.444 e. The summed E-state index contributed by atoms with van der Waals surface area (Å²) in [5.41, 5.74) is -0.842. The SMILES string of the molecule is CC(C)(C)OC(=O)NC1=N[C@@]2(c3ccccc3F)CC[C@@H](O)C[C@H]2CS1. The maximum Gasteiger partial charge on any atom is 0.413 e. The molecule has 0 unspecified atom stereocenters. The molecule has 1 saturated carbocycles. The normalized spacial score (nSPS) is 28.7. The molecule has 142 valence electrons. The smallest absolute Gasteiger partial charge is 0.413 e. The van der Waals surface area contributed by atoms with Crippen molar-refractivity contribution in [2.45, 2.75) is 57.3 Å². The lowest BCUT2D eigenvalue weighted by Crippen LogP contribution is -2.48. The second-order valence-electron chi connectivity index (χ2n) is 7.88. The van der Waals surface area contributed by atoms with Gasteiger partial charge in [-0.3, -0.25) is 10.3 Å². The van der Waals surface area contributed by atoms with Gasteiger partial charge < -0.3 is 9.84 Å². The number of alkyl carbamates (subject to hydrolysis) is 1. The number of halogens is 1. The third-order valence-corrected chi connectivity index (χ3v) is 5.80. The predicted molar refractivity (Wildman–Crippen MR) is 101 cm³/mol. The zero-order valence-corrected chi connectivity index (χ0v) is 16.1. The molecule has 0 aromatic heterocycles. The van der Waals surface area contributed by atoms with E-state index >= 15 is 0 Å². The number of hydrogen-bond donors (Lipinski definition) is 2. The molecule has 0 radical (unpaired) electrons. The molecular weight excluding hydrogens is 355 g/mol. The van der Waals surface area contributed by atoms with E-state index in [2.05, 4.69) is 5.32 Å². The van der Waals surface area contributed by atoms with Crippen LogP contribution in [0.1, 0.15) is 45.6 Å². The van der Waals surface area contributed by atoms with E-state index in [9.17, 15) is 14.3 Å². The Morgan fingerprint density at radius 1 is 1.42 bits per heavy atom. The standard InChI is InChI=1S/C19H25FN2O3S/c1-18(2,3)25-17(24)21-16-22-19(14-6-4-5-7-15(14)20)9-8-13(23)10-12(19)11-26-16/h4-7,12-13,23H,8-11H2,1-3H3,(H,21,22,24)/t12-,13+,19-/m0/s1. The molecule has 1 aliphatic heterocycles. The van der Waals surface area contributed by atoms with Gasteiger partial charge in [-0.05, 0) is 46.1 Å². The molecule has 2 N–H and O–H groups in total. The van der Waals surface area contributed by atoms with Crippen molar-refractivity contribution < 1.29 is 19.0 Å². The average molecular weight is 380 g/mol. The van der Waals surface area contributed by atoms with Crippen LogP contribution in [0.4, 0.5) is 9.18 Å². The number of nitrogens with zero attached hydrogens (tertiary/aromatic N) is 1. The highest BCUT2D eigenvalue weighted by Gasteiger charge is 2.48. The van der Waals surface area contributed by atoms with E-state index in [1.165, 1.54) is 17.8 Å². The van der Waals surface area contributed by atoms with Crippen LogP contribution in [0.3, 0.4) is 0 Å². The lowest BCUT2D eigenvalue weighted by molar-refractivity contribution is 0.0545. The second kappa shape index (κ2) is 7.19. The molecular formula is C19H25FN2O3S. The van der Waals surface area contributed by atoms with E-state index in [1.807, 2.05) is 0 Å². The molecule has 1 aromatic carbocycles. The van der Waals surface area contributed by atoms with Crippen LogP contribution >= 0.6 is 11.8 Å². The van der Waals surface area contributed by atoms with Crippen molar-refractivity contribution in [3.8, 4) is 0 Å². The molecule has 0 bridgehead atoms. The van der Waals surface area contributed by atoms with Gasteiger partial charge in [0.15, 0.2) is 5.17 Å². The number of thioether (sulfide) groups is 1. The summed E-state index contributed by atoms with van der Waals surface area (Å²) in [5.74, 6) is 0.360. The van der Waals surface area contributed by atoms with Crippen molar-refractivity contribution in [3.05, 3.63) is 35.6 Å². The monoisotopic (exact) mass is 380 g/mol. The van der Waals surface area contributed by atoms with Crippen LogP contribution in [0.15, 0.2) is 29.3 Å². The van der Waals surface area contributed by atoms with Gasteiger partial charge >= 0.3 is 6.09 Å². The van der Waals surface area contributed by atoms with Gasteiger partial charge in [-0.25, -0.2) is 9.18 Å². The van der Waals surface area contributed by atoms with Gasteiger partial charge in [0.2, 0.25) is 0 Å². The van der Waals surface area contributed by atoms with Gasteiger partial charge in [0.1, 0.15) is 11.4 Å². The van der Waals surface area contributed by atoms with Gasteiger partial charge in [0.05, 0.1) is 11.6 Å². The molecule has 2 aliphatic rings. The van der Waals surface area contributed by atoms with Gasteiger partial charge in [-0.2, -0.15) is 0 Å². The number of benzene rings is 1. The molecule has 5 nitrogen and oxygen atoms in total. The first-order chi connectivity index (χ1) is 12.2. The molecule has 0 spiro atoms. The molecule has 1 aliphatic carbocycles. The van der Waals surface area contributed by atoms with E-state index in [0.29, 0.717) is 35.7 Å². The predicted octanol–water partition coefficient (Wildman–Crippen LogP) is 3.81. The Bertz CT molecular complexity index is 719. The minimum absolute atomic E-state index is 0.0114. The summed E-state index contributed by atoms with van der Waals surface area (Å²) >= 11 is 1.41. The molecule has 1 aromatic rings. The van der Waals surface area contributed by atoms with Gasteiger partial charge in [0.25, 0.3) is 0 Å². The number of carbonyl (C=O) groups is 1. The highest BCUT2D eigenvalue weighted by molar-refractivity contribution is 8.13. The summed E-state index contributed by atoms with van der Waals surface area (Å²) in [7, 11) is 0. The Balaban J connectivity index is 1.93. The Morgan fingerprint density at radius 2 is 2.15 bits per heavy atom. The van der Waals surface area contributed by atoms with Crippen molar-refractivity contribution in [2.75, 3.05) is 5.75 Å². The maximum absolute atomic E-state index is 14.6. The zero-order chi connectivity index (χ0) is 18.9. The van der Waals surface area contributed by atoms with E-state index in [4.69, 9.17) is 9.73 Å². The summed E-state index contributed by atoms with van der Waals surface area (Å²) in [6, 6.07) is 6.64. The summed E-state index contributed by atoms with van der Waals surface area (Å²) in [4.78, 5) is 16.9. The number of hydrogen-bond acceptors (Lipinski definition) is 5. The summed E-state index contributed by atoms with van der Waals surface area (Å²) < 4.78 is 19.9. The Hall–Kier alpha value is -1.60. The van der Waals surface area contributed by atoms with E-state index in [-0.39, 0.29) is 11.7 Å². The fraction of sp³-hybridized carbons (Fsp3) is 0.579. The third-order valence-electron chi connectivity index (χ3n) is 4.76. The number of nitrogens with one attached hydrogen (secondary N) is 1. The second-order valence-corrected chi connectivity index (χ2v) is 8.89. The van der Waals surface area contributed by atoms with E-state index in [0.717, 1.165) is 0 Å². The Morgan fingerprint density at radius 3 is 2.85 bits per heavy atom. The highest BCUT2D eigenvalue weighted by atomic mass is 32.2. The molecule has 7 heteroatoms. The van der Waals surface area contributed by atoms with Crippen molar-refractivity contribution in [1.29, 1.82) is 0 Å². The van der Waals surface area contributed by atoms with Gasteiger partial charge in [-0.15, -0.1) is 0 Å². The van der Waals surface area contributed by atoms with Crippen LogP contribution < -0.4 is 5.32 Å². The zero-order valence-electron chi connectivity index (χ0n) is 15.3. The van der Waals surface area contributed by atoms with Crippen molar-refractivity contribution in [3.63, 3.8) is 0 Å². The first-order valence-electron chi connectivity index (χ1n) is 8.85. The number of aliphatic hydroxyl groups is 1. The van der Waals surface area contributed by atoms with Crippen LogP contribution in [0.2, 0.25) is 0 Å². The Kier molecular flexibility index (Phi) is 5.30. The first kappa shape index (κ1) is 19.2. The number of carbonyl (C=O) groups excluding carboxylic acids is 1. The molecule has 1 fully saturated rings. The summed E-state index contributed by atoms with van der Waals surface area (Å²) in [6.45, 7) is 5.38.